The van der Waals surface area contributed by atoms with Crippen LogP contribution in [0.3, 0.4) is 0 Å². The zero-order valence-corrected chi connectivity index (χ0v) is 8.17. The van der Waals surface area contributed by atoms with Crippen LogP contribution in [0.4, 0.5) is 0 Å². The maximum absolute atomic E-state index is 10.7. The Morgan fingerprint density at radius 1 is 1.31 bits per heavy atom. The second-order valence-electron chi connectivity index (χ2n) is 2.61. The summed E-state index contributed by atoms with van der Waals surface area (Å²) in [5.74, 6) is -0.194. The first-order valence-electron chi connectivity index (χ1n) is 4.09. The van der Waals surface area contributed by atoms with Crippen LogP contribution in [0, 0.1) is 0 Å². The Morgan fingerprint density at radius 2 is 2.00 bits per heavy atom. The molecule has 0 unspecified atom stereocenters. The summed E-state index contributed by atoms with van der Waals surface area (Å²) >= 11 is 0. The van der Waals surface area contributed by atoms with Gasteiger partial charge in [-0.3, -0.25) is 4.79 Å². The van der Waals surface area contributed by atoms with Crippen LogP contribution in [0.25, 0.3) is 0 Å². The highest BCUT2D eigenvalue weighted by Gasteiger charge is 2.01. The fraction of sp³-hybridized carbons (Fsp3) is 0.667. The van der Waals surface area contributed by atoms with Crippen molar-refractivity contribution in [2.45, 2.75) is 19.3 Å². The zero-order valence-electron chi connectivity index (χ0n) is 8.17. The average Bonchev–Trinajstić information content (AvgIpc) is 2.14. The second-order valence-corrected chi connectivity index (χ2v) is 2.61. The van der Waals surface area contributed by atoms with Gasteiger partial charge in [0.25, 0.3) is 0 Å². The first kappa shape index (κ1) is 12.1. The molecule has 0 rings (SSSR count). The molecule has 0 aliphatic heterocycles. The Kier molecular flexibility index (Phi) is 7.24. The largest absolute Gasteiger partial charge is 0.469 e. The van der Waals surface area contributed by atoms with E-state index in [-0.39, 0.29) is 5.97 Å². The molecule has 0 aliphatic rings. The third-order valence-corrected chi connectivity index (χ3v) is 1.52. The van der Waals surface area contributed by atoms with Crippen LogP contribution < -0.4 is 0 Å². The molecular formula is C9H16O4. The van der Waals surface area contributed by atoms with Gasteiger partial charge in [0.2, 0.25) is 0 Å². The molecule has 0 fully saturated rings. The highest BCUT2D eigenvalue weighted by atomic mass is 17.2. The Labute approximate surface area is 78.4 Å². The minimum atomic E-state index is -0.194. The van der Waals surface area contributed by atoms with Crippen LogP contribution in [0.5, 0.6) is 0 Å². The van der Waals surface area contributed by atoms with Crippen molar-refractivity contribution in [3.63, 3.8) is 0 Å². The lowest BCUT2D eigenvalue weighted by Gasteiger charge is -2.03. The Hall–Kier alpha value is -0.870. The van der Waals surface area contributed by atoms with E-state index in [1.165, 1.54) is 14.2 Å². The van der Waals surface area contributed by atoms with Gasteiger partial charge in [-0.25, -0.2) is 9.78 Å². The lowest BCUT2D eigenvalue weighted by molar-refractivity contribution is -0.265. The van der Waals surface area contributed by atoms with E-state index in [0.717, 1.165) is 18.4 Å². The first-order chi connectivity index (χ1) is 6.20. The van der Waals surface area contributed by atoms with Crippen LogP contribution in [-0.2, 0) is 19.3 Å². The summed E-state index contributed by atoms with van der Waals surface area (Å²) in [4.78, 5) is 19.8. The summed E-state index contributed by atoms with van der Waals surface area (Å²) in [6.45, 7) is 4.13. The van der Waals surface area contributed by atoms with E-state index in [2.05, 4.69) is 21.1 Å². The number of rotatable bonds is 7. The molecule has 0 N–H and O–H groups in total. The molecule has 0 aromatic carbocycles. The van der Waals surface area contributed by atoms with Gasteiger partial charge >= 0.3 is 5.97 Å². The zero-order chi connectivity index (χ0) is 10.1. The number of carbonyl (C=O) groups is 1. The van der Waals surface area contributed by atoms with Crippen LogP contribution in [0.2, 0.25) is 0 Å². The van der Waals surface area contributed by atoms with Gasteiger partial charge in [0.15, 0.2) is 0 Å². The third-order valence-electron chi connectivity index (χ3n) is 1.52. The van der Waals surface area contributed by atoms with E-state index >= 15 is 0 Å². The molecule has 0 aliphatic carbocycles. The molecule has 0 aromatic rings. The molecule has 0 bridgehead atoms. The number of carbonyl (C=O) groups excluding carboxylic acids is 1. The van der Waals surface area contributed by atoms with Crippen molar-refractivity contribution < 1.29 is 19.3 Å². The quantitative estimate of drug-likeness (QED) is 0.262. The Morgan fingerprint density at radius 3 is 2.54 bits per heavy atom. The third kappa shape index (κ3) is 7.49. The predicted molar refractivity (Wildman–Crippen MR) is 48.0 cm³/mol. The molecule has 0 amide bonds. The number of ether oxygens (including phenoxy) is 1. The van der Waals surface area contributed by atoms with Crippen LogP contribution in [-0.4, -0.2) is 26.8 Å². The van der Waals surface area contributed by atoms with Gasteiger partial charge in [-0.1, -0.05) is 6.58 Å². The molecule has 76 valence electrons. The monoisotopic (exact) mass is 188 g/mol. The second kappa shape index (κ2) is 7.76. The van der Waals surface area contributed by atoms with E-state index in [1.807, 2.05) is 0 Å². The number of methoxy groups -OCH3 is 1. The molecular weight excluding hydrogens is 172 g/mol. The van der Waals surface area contributed by atoms with Crippen molar-refractivity contribution in [1.29, 1.82) is 0 Å². The van der Waals surface area contributed by atoms with E-state index in [0.29, 0.717) is 13.0 Å². The van der Waals surface area contributed by atoms with Crippen molar-refractivity contribution in [2.24, 2.45) is 0 Å². The van der Waals surface area contributed by atoms with Crippen molar-refractivity contribution in [2.75, 3.05) is 20.8 Å². The van der Waals surface area contributed by atoms with Gasteiger partial charge < -0.3 is 4.74 Å². The molecule has 0 saturated carbocycles. The van der Waals surface area contributed by atoms with E-state index in [1.54, 1.807) is 0 Å². The Bertz CT molecular complexity index is 165. The predicted octanol–water partition coefficient (Wildman–Crippen LogP) is 1.46. The fourth-order valence-electron chi connectivity index (χ4n) is 0.799. The van der Waals surface area contributed by atoms with Crippen molar-refractivity contribution in [3.05, 3.63) is 12.2 Å². The molecule has 0 heterocycles. The van der Waals surface area contributed by atoms with Crippen molar-refractivity contribution in [3.8, 4) is 0 Å². The summed E-state index contributed by atoms with van der Waals surface area (Å²) in [6.07, 6.45) is 1.90. The maximum Gasteiger partial charge on any atom is 0.305 e. The molecule has 0 aromatic heterocycles. The minimum absolute atomic E-state index is 0.194. The van der Waals surface area contributed by atoms with E-state index in [4.69, 9.17) is 0 Å². The van der Waals surface area contributed by atoms with Gasteiger partial charge in [0.1, 0.15) is 6.61 Å². The summed E-state index contributed by atoms with van der Waals surface area (Å²) in [6, 6.07) is 0. The van der Waals surface area contributed by atoms with Crippen molar-refractivity contribution >= 4 is 5.97 Å². The van der Waals surface area contributed by atoms with Gasteiger partial charge in [-0.05, 0) is 18.4 Å². The summed E-state index contributed by atoms with van der Waals surface area (Å²) in [5.41, 5.74) is 0.908. The molecule has 4 heteroatoms. The molecule has 0 atom stereocenters. The SMILES string of the molecule is C=C(CCCC(=O)OC)COOC. The van der Waals surface area contributed by atoms with Gasteiger partial charge in [0, 0.05) is 6.42 Å². The molecule has 4 nitrogen and oxygen atoms in total. The number of hydrogen-bond donors (Lipinski definition) is 0. The topological polar surface area (TPSA) is 44.8 Å². The summed E-state index contributed by atoms with van der Waals surface area (Å²) in [7, 11) is 2.83. The first-order valence-corrected chi connectivity index (χ1v) is 4.09. The van der Waals surface area contributed by atoms with Gasteiger partial charge in [0.05, 0.1) is 14.2 Å². The van der Waals surface area contributed by atoms with Crippen LogP contribution in [0.15, 0.2) is 12.2 Å². The lowest BCUT2D eigenvalue weighted by Crippen LogP contribution is -2.01. The van der Waals surface area contributed by atoms with Crippen LogP contribution >= 0.6 is 0 Å². The minimum Gasteiger partial charge on any atom is -0.469 e. The Balaban J connectivity index is 3.31. The van der Waals surface area contributed by atoms with Crippen molar-refractivity contribution in [1.82, 2.24) is 0 Å². The fourth-order valence-corrected chi connectivity index (χ4v) is 0.799. The molecule has 0 radical (unpaired) electrons. The molecule has 0 spiro atoms. The molecule has 13 heavy (non-hydrogen) atoms. The maximum atomic E-state index is 10.7. The lowest BCUT2D eigenvalue weighted by atomic mass is 10.1. The standard InChI is InChI=1S/C9H16O4/c1-8(7-13-12-3)5-4-6-9(10)11-2/h1,4-7H2,2-3H3. The molecule has 0 saturated heterocycles. The van der Waals surface area contributed by atoms with Gasteiger partial charge in [-0.15, -0.1) is 0 Å². The van der Waals surface area contributed by atoms with E-state index in [9.17, 15) is 4.79 Å². The smallest absolute Gasteiger partial charge is 0.305 e. The highest BCUT2D eigenvalue weighted by Crippen LogP contribution is 2.06. The summed E-state index contributed by atoms with van der Waals surface area (Å²) in [5, 5.41) is 0. The number of hydrogen-bond acceptors (Lipinski definition) is 4. The average molecular weight is 188 g/mol. The summed E-state index contributed by atoms with van der Waals surface area (Å²) < 4.78 is 4.49. The number of esters is 1. The van der Waals surface area contributed by atoms with Crippen LogP contribution in [0.1, 0.15) is 19.3 Å². The normalized spacial score (nSPS) is 9.69. The van der Waals surface area contributed by atoms with Gasteiger partial charge in [-0.2, -0.15) is 0 Å². The van der Waals surface area contributed by atoms with E-state index < -0.39 is 0 Å². The highest BCUT2D eigenvalue weighted by molar-refractivity contribution is 5.69.